The van der Waals surface area contributed by atoms with Crippen LogP contribution in [0.2, 0.25) is 0 Å². The summed E-state index contributed by atoms with van der Waals surface area (Å²) in [4.78, 5) is 12.4. The third-order valence-corrected chi connectivity index (χ3v) is 7.13. The molecule has 3 aromatic carbocycles. The third kappa shape index (κ3) is 6.12. The highest BCUT2D eigenvalue weighted by Gasteiger charge is 2.34. The van der Waals surface area contributed by atoms with Gasteiger partial charge >= 0.3 is 6.18 Å². The van der Waals surface area contributed by atoms with Gasteiger partial charge in [-0.2, -0.15) is 13.2 Å². The second-order valence-electron chi connectivity index (χ2n) is 7.39. The molecule has 0 atom stereocenters. The largest absolute Gasteiger partial charge is 0.495 e. The molecule has 0 aliphatic rings. The molecule has 3 aromatic rings. The van der Waals surface area contributed by atoms with Crippen LogP contribution in [0.4, 0.5) is 28.9 Å². The van der Waals surface area contributed by atoms with Gasteiger partial charge in [0.15, 0.2) is 0 Å². The van der Waals surface area contributed by atoms with Crippen LogP contribution in [0.5, 0.6) is 5.75 Å². The quantitative estimate of drug-likeness (QED) is 0.364. The average Bonchev–Trinajstić information content (AvgIpc) is 2.78. The molecule has 3 rings (SSSR count). The van der Waals surface area contributed by atoms with Crippen LogP contribution in [-0.2, 0) is 21.0 Å². The van der Waals surface area contributed by atoms with E-state index in [0.29, 0.717) is 20.4 Å². The minimum Gasteiger partial charge on any atom is -0.495 e. The minimum atomic E-state index is -4.75. The summed E-state index contributed by atoms with van der Waals surface area (Å²) in [6, 6.07) is 11.6. The lowest BCUT2D eigenvalue weighted by atomic mass is 10.2. The Labute approximate surface area is 207 Å². The lowest BCUT2D eigenvalue weighted by Gasteiger charge is -2.26. The van der Waals surface area contributed by atoms with Crippen molar-refractivity contribution in [1.29, 1.82) is 0 Å². The fourth-order valence-electron chi connectivity index (χ4n) is 3.17. The first-order valence-corrected chi connectivity index (χ1v) is 12.2. The summed E-state index contributed by atoms with van der Waals surface area (Å²) < 4.78 is 87.5. The Hall–Kier alpha value is -3.12. The highest BCUT2D eigenvalue weighted by atomic mass is 79.9. The maximum Gasteiger partial charge on any atom is 0.416 e. The summed E-state index contributed by atoms with van der Waals surface area (Å²) in [5.41, 5.74) is -1.21. The molecule has 1 N–H and O–H groups in total. The molecular formula is C23H19BrF4N2O4S. The number of alkyl halides is 3. The van der Waals surface area contributed by atoms with E-state index in [2.05, 4.69) is 21.2 Å². The van der Waals surface area contributed by atoms with E-state index < -0.39 is 45.7 Å². The van der Waals surface area contributed by atoms with Gasteiger partial charge in [-0.25, -0.2) is 12.8 Å². The molecule has 0 bridgehead atoms. The molecule has 0 unspecified atom stereocenters. The van der Waals surface area contributed by atoms with Gasteiger partial charge in [0, 0.05) is 4.47 Å². The van der Waals surface area contributed by atoms with E-state index in [1.165, 1.54) is 31.4 Å². The summed E-state index contributed by atoms with van der Waals surface area (Å²) in [5, 5.41) is 2.25. The van der Waals surface area contributed by atoms with Crippen molar-refractivity contribution in [3.8, 4) is 5.75 Å². The van der Waals surface area contributed by atoms with E-state index in [1.54, 1.807) is 13.0 Å². The number of halogens is 5. The minimum absolute atomic E-state index is 0.0630. The summed E-state index contributed by atoms with van der Waals surface area (Å²) in [6.45, 7) is 0.687. The fraction of sp³-hybridized carbons (Fsp3) is 0.174. The molecule has 0 heterocycles. The zero-order valence-electron chi connectivity index (χ0n) is 18.4. The van der Waals surface area contributed by atoms with Gasteiger partial charge in [-0.15, -0.1) is 0 Å². The third-order valence-electron chi connectivity index (χ3n) is 4.84. The molecule has 0 aromatic heterocycles. The number of nitrogens with zero attached hydrogens (tertiary/aromatic N) is 1. The average molecular weight is 575 g/mol. The van der Waals surface area contributed by atoms with E-state index in [9.17, 15) is 30.8 Å². The lowest BCUT2D eigenvalue weighted by molar-refractivity contribution is -0.137. The number of anilines is 2. The number of amides is 1. The number of methoxy groups -OCH3 is 1. The van der Waals surface area contributed by atoms with Crippen molar-refractivity contribution >= 4 is 43.2 Å². The van der Waals surface area contributed by atoms with Crippen molar-refractivity contribution in [2.75, 3.05) is 23.3 Å². The highest BCUT2D eigenvalue weighted by molar-refractivity contribution is 9.10. The normalized spacial score (nSPS) is 11.7. The smallest absolute Gasteiger partial charge is 0.416 e. The summed E-state index contributed by atoms with van der Waals surface area (Å²) >= 11 is 3.08. The van der Waals surface area contributed by atoms with Crippen LogP contribution in [0, 0.1) is 12.7 Å². The Kier molecular flexibility index (Phi) is 7.75. The fourth-order valence-corrected chi connectivity index (χ4v) is 5.16. The molecular weight excluding hydrogens is 556 g/mol. The van der Waals surface area contributed by atoms with Crippen molar-refractivity contribution in [2.45, 2.75) is 18.0 Å². The molecule has 12 heteroatoms. The molecule has 0 aliphatic heterocycles. The van der Waals surface area contributed by atoms with Gasteiger partial charge in [-0.1, -0.05) is 28.1 Å². The van der Waals surface area contributed by atoms with E-state index >= 15 is 0 Å². The molecule has 0 saturated heterocycles. The topological polar surface area (TPSA) is 75.7 Å². The summed E-state index contributed by atoms with van der Waals surface area (Å²) in [6.07, 6.45) is -4.75. The first-order valence-electron chi connectivity index (χ1n) is 9.92. The number of nitrogens with one attached hydrogen (secondary N) is 1. The van der Waals surface area contributed by atoms with Gasteiger partial charge in [0.05, 0.1) is 24.0 Å². The molecule has 186 valence electrons. The standard InChI is InChI=1S/C23H19BrF4N2O4S/c1-14-6-9-20(34-2)21(10-14)35(32,33)30(17-5-3-4-15(11-17)23(26,27)28)13-22(31)29-19-8-7-16(24)12-18(19)25/h3-12H,13H2,1-2H3,(H,29,31). The number of ether oxygens (including phenoxy) is 1. The van der Waals surface area contributed by atoms with E-state index in [1.807, 2.05) is 0 Å². The van der Waals surface area contributed by atoms with Crippen LogP contribution < -0.4 is 14.4 Å². The predicted molar refractivity (Wildman–Crippen MR) is 126 cm³/mol. The van der Waals surface area contributed by atoms with Gasteiger partial charge in [0.2, 0.25) is 5.91 Å². The Balaban J connectivity index is 2.09. The van der Waals surface area contributed by atoms with Gasteiger partial charge in [0.1, 0.15) is 23.0 Å². The molecule has 0 fully saturated rings. The molecule has 0 spiro atoms. The maximum absolute atomic E-state index is 14.2. The van der Waals surface area contributed by atoms with Crippen molar-refractivity contribution in [2.24, 2.45) is 0 Å². The molecule has 0 aliphatic carbocycles. The Bertz CT molecular complexity index is 1360. The van der Waals surface area contributed by atoms with Crippen LogP contribution in [-0.4, -0.2) is 28.0 Å². The molecule has 1 amide bonds. The predicted octanol–water partition coefficient (Wildman–Crippen LogP) is 5.76. The van der Waals surface area contributed by atoms with Gasteiger partial charge < -0.3 is 10.1 Å². The van der Waals surface area contributed by atoms with Crippen molar-refractivity contribution < 1.29 is 35.5 Å². The molecule has 0 radical (unpaired) electrons. The number of hydrogen-bond acceptors (Lipinski definition) is 4. The molecule has 6 nitrogen and oxygen atoms in total. The Morgan fingerprint density at radius 2 is 1.80 bits per heavy atom. The van der Waals surface area contributed by atoms with E-state index in [4.69, 9.17) is 4.74 Å². The summed E-state index contributed by atoms with van der Waals surface area (Å²) in [5.74, 6) is -1.83. The van der Waals surface area contributed by atoms with Gasteiger partial charge in [-0.05, 0) is 61.0 Å². The zero-order valence-corrected chi connectivity index (χ0v) is 20.8. The van der Waals surface area contributed by atoms with Crippen molar-refractivity contribution in [3.63, 3.8) is 0 Å². The van der Waals surface area contributed by atoms with Crippen LogP contribution in [0.1, 0.15) is 11.1 Å². The zero-order chi connectivity index (χ0) is 26.0. The van der Waals surface area contributed by atoms with Crippen LogP contribution >= 0.6 is 15.9 Å². The maximum atomic E-state index is 14.2. The number of hydrogen-bond donors (Lipinski definition) is 1. The van der Waals surface area contributed by atoms with Crippen LogP contribution in [0.15, 0.2) is 70.0 Å². The summed E-state index contributed by atoms with van der Waals surface area (Å²) in [7, 11) is -3.37. The first-order chi connectivity index (χ1) is 16.3. The Morgan fingerprint density at radius 3 is 2.43 bits per heavy atom. The SMILES string of the molecule is COc1ccc(C)cc1S(=O)(=O)N(CC(=O)Nc1ccc(Br)cc1F)c1cccc(C(F)(F)F)c1. The second-order valence-corrected chi connectivity index (χ2v) is 10.1. The number of carbonyl (C=O) groups is 1. The van der Waals surface area contributed by atoms with E-state index in [-0.39, 0.29) is 16.3 Å². The number of sulfonamides is 1. The molecule has 35 heavy (non-hydrogen) atoms. The lowest BCUT2D eigenvalue weighted by Crippen LogP contribution is -2.38. The van der Waals surface area contributed by atoms with Crippen LogP contribution in [0.3, 0.4) is 0 Å². The second kappa shape index (κ2) is 10.2. The number of aryl methyl sites for hydroxylation is 1. The number of rotatable bonds is 7. The van der Waals surface area contributed by atoms with E-state index in [0.717, 1.165) is 24.3 Å². The molecule has 0 saturated carbocycles. The number of benzene rings is 3. The monoisotopic (exact) mass is 574 g/mol. The van der Waals surface area contributed by atoms with Crippen LogP contribution in [0.25, 0.3) is 0 Å². The Morgan fingerprint density at radius 1 is 1.09 bits per heavy atom. The highest BCUT2D eigenvalue weighted by Crippen LogP contribution is 2.35. The van der Waals surface area contributed by atoms with Gasteiger partial charge in [-0.3, -0.25) is 9.10 Å². The van der Waals surface area contributed by atoms with Crippen molar-refractivity contribution in [1.82, 2.24) is 0 Å². The van der Waals surface area contributed by atoms with Crippen molar-refractivity contribution in [3.05, 3.63) is 82.1 Å². The number of carbonyl (C=O) groups excluding carboxylic acids is 1. The first kappa shape index (κ1) is 26.5. The van der Waals surface area contributed by atoms with Gasteiger partial charge in [0.25, 0.3) is 10.0 Å².